The van der Waals surface area contributed by atoms with Gasteiger partial charge in [-0.15, -0.1) is 18.2 Å². The average Bonchev–Trinajstić information content (AvgIpc) is 2.16. The summed E-state index contributed by atoms with van der Waals surface area (Å²) in [6.45, 7) is 0. The second kappa shape index (κ2) is 4.31. The smallest absolute Gasteiger partial charge is 0.143 e. The van der Waals surface area contributed by atoms with E-state index in [1.165, 1.54) is 17.8 Å². The highest BCUT2D eigenvalue weighted by Gasteiger charge is 2.14. The number of terminal acetylenes is 1. The number of thioether (sulfide) groups is 1. The van der Waals surface area contributed by atoms with Gasteiger partial charge in [-0.1, -0.05) is 12.0 Å². The largest absolute Gasteiger partial charge is 0.376 e. The van der Waals surface area contributed by atoms with Crippen molar-refractivity contribution in [3.05, 3.63) is 29.6 Å². The molecular formula is C10H9FOS. The van der Waals surface area contributed by atoms with E-state index >= 15 is 0 Å². The van der Waals surface area contributed by atoms with Crippen LogP contribution in [0.25, 0.3) is 0 Å². The normalized spacial score (nSPS) is 12.2. The quantitative estimate of drug-likeness (QED) is 0.578. The molecule has 0 amide bonds. The van der Waals surface area contributed by atoms with Gasteiger partial charge in [0.25, 0.3) is 0 Å². The van der Waals surface area contributed by atoms with Crippen LogP contribution in [0.5, 0.6) is 0 Å². The Labute approximate surface area is 81.0 Å². The molecule has 0 aromatic heterocycles. The van der Waals surface area contributed by atoms with Crippen molar-refractivity contribution < 1.29 is 9.50 Å². The predicted octanol–water partition coefficient (Wildman–Crippen LogP) is 2.21. The minimum atomic E-state index is -1.16. The minimum Gasteiger partial charge on any atom is -0.376 e. The Balaban J connectivity index is 3.24. The Morgan fingerprint density at radius 3 is 2.85 bits per heavy atom. The van der Waals surface area contributed by atoms with E-state index in [0.29, 0.717) is 4.90 Å². The standard InChI is InChI=1S/C10H9FOS/c1-3-8(12)10-7(11)5-4-6-9(10)13-2/h1,4-6,8,12H,2H3/t8-/m1/s1. The van der Waals surface area contributed by atoms with Gasteiger partial charge in [-0.2, -0.15) is 0 Å². The highest BCUT2D eigenvalue weighted by atomic mass is 32.2. The van der Waals surface area contributed by atoms with Gasteiger partial charge in [-0.3, -0.25) is 0 Å². The fourth-order valence-corrected chi connectivity index (χ4v) is 1.69. The Kier molecular flexibility index (Phi) is 3.35. The van der Waals surface area contributed by atoms with Gasteiger partial charge in [-0.05, 0) is 18.4 Å². The van der Waals surface area contributed by atoms with Crippen LogP contribution in [0.2, 0.25) is 0 Å². The fourth-order valence-electron chi connectivity index (χ4n) is 1.04. The fraction of sp³-hybridized carbons (Fsp3) is 0.200. The van der Waals surface area contributed by atoms with Crippen molar-refractivity contribution in [3.8, 4) is 12.3 Å². The van der Waals surface area contributed by atoms with Gasteiger partial charge >= 0.3 is 0 Å². The summed E-state index contributed by atoms with van der Waals surface area (Å²) in [6, 6.07) is 4.60. The van der Waals surface area contributed by atoms with E-state index in [0.717, 1.165) is 0 Å². The molecule has 0 bridgehead atoms. The molecule has 0 saturated heterocycles. The molecule has 1 aromatic rings. The number of rotatable bonds is 2. The molecule has 3 heteroatoms. The summed E-state index contributed by atoms with van der Waals surface area (Å²) in [6.07, 6.45) is 5.66. The van der Waals surface area contributed by atoms with Crippen molar-refractivity contribution in [2.24, 2.45) is 0 Å². The van der Waals surface area contributed by atoms with Crippen LogP contribution in [-0.2, 0) is 0 Å². The van der Waals surface area contributed by atoms with E-state index in [-0.39, 0.29) is 5.56 Å². The van der Waals surface area contributed by atoms with Gasteiger partial charge in [0.2, 0.25) is 0 Å². The van der Waals surface area contributed by atoms with E-state index in [9.17, 15) is 9.50 Å². The predicted molar refractivity (Wildman–Crippen MR) is 52.0 cm³/mol. The molecule has 1 aromatic carbocycles. The molecule has 0 unspecified atom stereocenters. The van der Waals surface area contributed by atoms with Crippen LogP contribution >= 0.6 is 11.8 Å². The maximum atomic E-state index is 13.2. The lowest BCUT2D eigenvalue weighted by atomic mass is 10.1. The van der Waals surface area contributed by atoms with Gasteiger partial charge < -0.3 is 5.11 Å². The lowest BCUT2D eigenvalue weighted by molar-refractivity contribution is 0.229. The highest BCUT2D eigenvalue weighted by Crippen LogP contribution is 2.27. The number of hydrogen-bond acceptors (Lipinski definition) is 2. The SMILES string of the molecule is C#C[C@@H](O)c1c(F)cccc1SC. The molecule has 0 radical (unpaired) electrons. The van der Waals surface area contributed by atoms with Crippen LogP contribution in [0.15, 0.2) is 23.1 Å². The van der Waals surface area contributed by atoms with Crippen LogP contribution in [0.3, 0.4) is 0 Å². The maximum absolute atomic E-state index is 13.2. The molecule has 1 atom stereocenters. The van der Waals surface area contributed by atoms with Crippen molar-refractivity contribution in [2.45, 2.75) is 11.0 Å². The molecule has 0 spiro atoms. The van der Waals surface area contributed by atoms with Gasteiger partial charge in [-0.25, -0.2) is 4.39 Å². The van der Waals surface area contributed by atoms with Crippen LogP contribution in [0, 0.1) is 18.2 Å². The topological polar surface area (TPSA) is 20.2 Å². The summed E-state index contributed by atoms with van der Waals surface area (Å²) in [5, 5.41) is 9.33. The van der Waals surface area contributed by atoms with Crippen molar-refractivity contribution in [3.63, 3.8) is 0 Å². The Morgan fingerprint density at radius 2 is 2.31 bits per heavy atom. The monoisotopic (exact) mass is 196 g/mol. The Hall–Kier alpha value is -0.980. The molecule has 1 rings (SSSR count). The summed E-state index contributed by atoms with van der Waals surface area (Å²) in [5.41, 5.74) is 0.192. The number of hydrogen-bond donors (Lipinski definition) is 1. The molecular weight excluding hydrogens is 187 g/mol. The second-order valence-electron chi connectivity index (χ2n) is 2.42. The van der Waals surface area contributed by atoms with Crippen LogP contribution < -0.4 is 0 Å². The summed E-state index contributed by atoms with van der Waals surface area (Å²) in [7, 11) is 0. The molecule has 0 aliphatic heterocycles. The van der Waals surface area contributed by atoms with Crippen molar-refractivity contribution in [1.29, 1.82) is 0 Å². The van der Waals surface area contributed by atoms with Crippen LogP contribution in [-0.4, -0.2) is 11.4 Å². The summed E-state index contributed by atoms with van der Waals surface area (Å²) in [4.78, 5) is 0.672. The van der Waals surface area contributed by atoms with Gasteiger partial charge in [0.15, 0.2) is 0 Å². The molecule has 0 fully saturated rings. The summed E-state index contributed by atoms with van der Waals surface area (Å²) in [5.74, 6) is 1.64. The van der Waals surface area contributed by atoms with Crippen molar-refractivity contribution >= 4 is 11.8 Å². The molecule has 0 aliphatic rings. The second-order valence-corrected chi connectivity index (χ2v) is 3.27. The third-order valence-electron chi connectivity index (χ3n) is 1.66. The van der Waals surface area contributed by atoms with Gasteiger partial charge in [0.1, 0.15) is 11.9 Å². The van der Waals surface area contributed by atoms with Crippen LogP contribution in [0.4, 0.5) is 4.39 Å². The number of aliphatic hydroxyl groups excluding tert-OH is 1. The van der Waals surface area contributed by atoms with Crippen molar-refractivity contribution in [1.82, 2.24) is 0 Å². The summed E-state index contributed by atoms with van der Waals surface area (Å²) >= 11 is 1.36. The first-order valence-electron chi connectivity index (χ1n) is 3.67. The van der Waals surface area contributed by atoms with E-state index < -0.39 is 11.9 Å². The molecule has 0 aliphatic carbocycles. The lowest BCUT2D eigenvalue weighted by Crippen LogP contribution is -1.99. The van der Waals surface area contributed by atoms with E-state index in [4.69, 9.17) is 6.42 Å². The van der Waals surface area contributed by atoms with E-state index in [1.807, 2.05) is 6.26 Å². The van der Waals surface area contributed by atoms with Gasteiger partial charge in [0, 0.05) is 10.5 Å². The number of benzene rings is 1. The Bertz CT molecular complexity index is 343. The van der Waals surface area contributed by atoms with E-state index in [2.05, 4.69) is 5.92 Å². The molecule has 0 heterocycles. The van der Waals surface area contributed by atoms with Crippen LogP contribution in [0.1, 0.15) is 11.7 Å². The third kappa shape index (κ3) is 2.03. The third-order valence-corrected chi connectivity index (χ3v) is 2.46. The number of aliphatic hydroxyl groups is 1. The average molecular weight is 196 g/mol. The minimum absolute atomic E-state index is 0.192. The zero-order chi connectivity index (χ0) is 9.84. The first-order valence-corrected chi connectivity index (χ1v) is 4.89. The molecule has 0 saturated carbocycles. The van der Waals surface area contributed by atoms with E-state index in [1.54, 1.807) is 12.1 Å². The maximum Gasteiger partial charge on any atom is 0.143 e. The molecule has 1 nitrogen and oxygen atoms in total. The molecule has 68 valence electrons. The number of halogens is 1. The summed E-state index contributed by atoms with van der Waals surface area (Å²) < 4.78 is 13.2. The first-order chi connectivity index (χ1) is 6.20. The lowest BCUT2D eigenvalue weighted by Gasteiger charge is -2.09. The Morgan fingerprint density at radius 1 is 1.62 bits per heavy atom. The van der Waals surface area contributed by atoms with Crippen molar-refractivity contribution in [2.75, 3.05) is 6.26 Å². The van der Waals surface area contributed by atoms with Gasteiger partial charge in [0.05, 0.1) is 0 Å². The first kappa shape index (κ1) is 10.1. The molecule has 13 heavy (non-hydrogen) atoms. The molecule has 1 N–H and O–H groups in total. The highest BCUT2D eigenvalue weighted by molar-refractivity contribution is 7.98. The zero-order valence-corrected chi connectivity index (χ0v) is 7.94. The zero-order valence-electron chi connectivity index (χ0n) is 7.12.